The number of carbonyl (C=O) groups is 2. The Bertz CT molecular complexity index is 412. The smallest absolute Gasteiger partial charge is 0.224 e. The van der Waals surface area contributed by atoms with Gasteiger partial charge >= 0.3 is 0 Å². The Hall–Kier alpha value is -0.810. The molecule has 6 heteroatoms. The number of nitrogens with zero attached hydrogens (tertiary/aromatic N) is 2. The van der Waals surface area contributed by atoms with Crippen molar-refractivity contribution in [3.63, 3.8) is 0 Å². The van der Waals surface area contributed by atoms with Crippen molar-refractivity contribution >= 4 is 24.2 Å². The van der Waals surface area contributed by atoms with E-state index in [1.165, 1.54) is 0 Å². The first-order valence-electron chi connectivity index (χ1n) is 7.94. The fraction of sp³-hybridized carbons (Fsp3) is 0.867. The molecule has 3 rings (SSSR count). The van der Waals surface area contributed by atoms with Gasteiger partial charge < -0.3 is 15.5 Å². The van der Waals surface area contributed by atoms with Crippen molar-refractivity contribution in [2.24, 2.45) is 5.73 Å². The molecule has 0 aromatic heterocycles. The number of rotatable bonds is 3. The van der Waals surface area contributed by atoms with Gasteiger partial charge in [0.1, 0.15) is 0 Å². The fourth-order valence-corrected chi connectivity index (χ4v) is 3.71. The number of nitrogens with two attached hydrogens (primary N) is 1. The minimum absolute atomic E-state index is 0. The lowest BCUT2D eigenvalue weighted by atomic mass is 9.75. The van der Waals surface area contributed by atoms with E-state index < -0.39 is 0 Å². The van der Waals surface area contributed by atoms with E-state index in [-0.39, 0.29) is 35.8 Å². The summed E-state index contributed by atoms with van der Waals surface area (Å²) in [6, 6.07) is 0.234. The molecule has 1 unspecified atom stereocenters. The standard InChI is InChI=1S/C15H25N3O2.ClH/c16-15(6-3-7-15)10-14(20)17-8-1-4-12(11-17)18-9-2-5-13(18)19;/h12H,1-11,16H2;1H. The van der Waals surface area contributed by atoms with Crippen LogP contribution in [0.2, 0.25) is 0 Å². The number of likely N-dealkylation sites (tertiary alicyclic amines) is 2. The molecule has 0 spiro atoms. The lowest BCUT2D eigenvalue weighted by Gasteiger charge is -2.42. The normalized spacial score (nSPS) is 28.0. The Kier molecular flexibility index (Phi) is 5.15. The van der Waals surface area contributed by atoms with Crippen molar-refractivity contribution in [2.75, 3.05) is 19.6 Å². The van der Waals surface area contributed by atoms with Crippen LogP contribution in [0.3, 0.4) is 0 Å². The van der Waals surface area contributed by atoms with E-state index in [9.17, 15) is 9.59 Å². The summed E-state index contributed by atoms with van der Waals surface area (Å²) >= 11 is 0. The van der Waals surface area contributed by atoms with E-state index in [1.54, 1.807) is 0 Å². The van der Waals surface area contributed by atoms with Crippen molar-refractivity contribution in [1.82, 2.24) is 9.80 Å². The second kappa shape index (κ2) is 6.53. The molecule has 0 bridgehead atoms. The van der Waals surface area contributed by atoms with Crippen LogP contribution in [0.15, 0.2) is 0 Å². The predicted molar refractivity (Wildman–Crippen MR) is 83.2 cm³/mol. The quantitative estimate of drug-likeness (QED) is 0.853. The molecule has 3 aliphatic rings. The lowest BCUT2D eigenvalue weighted by Crippen LogP contribution is -2.54. The van der Waals surface area contributed by atoms with Gasteiger partial charge in [-0.2, -0.15) is 0 Å². The molecule has 2 amide bonds. The highest BCUT2D eigenvalue weighted by molar-refractivity contribution is 5.85. The number of hydrogen-bond donors (Lipinski definition) is 1. The summed E-state index contributed by atoms with van der Waals surface area (Å²) in [5, 5.41) is 0. The van der Waals surface area contributed by atoms with Crippen molar-refractivity contribution in [2.45, 2.75) is 62.9 Å². The molecule has 21 heavy (non-hydrogen) atoms. The largest absolute Gasteiger partial charge is 0.341 e. The summed E-state index contributed by atoms with van der Waals surface area (Å²) in [6.07, 6.45) is 7.25. The van der Waals surface area contributed by atoms with Crippen molar-refractivity contribution in [1.29, 1.82) is 0 Å². The molecule has 5 nitrogen and oxygen atoms in total. The highest BCUT2D eigenvalue weighted by Gasteiger charge is 2.38. The lowest BCUT2D eigenvalue weighted by molar-refractivity contribution is -0.138. The molecule has 0 radical (unpaired) electrons. The van der Waals surface area contributed by atoms with Crippen LogP contribution in [0.5, 0.6) is 0 Å². The second-order valence-corrected chi connectivity index (χ2v) is 6.72. The number of amides is 2. The van der Waals surface area contributed by atoms with Gasteiger partial charge in [-0.1, -0.05) is 0 Å². The molecule has 0 aromatic rings. The summed E-state index contributed by atoms with van der Waals surface area (Å²) in [4.78, 5) is 28.2. The average molecular weight is 316 g/mol. The van der Waals surface area contributed by atoms with Gasteiger partial charge in [0.05, 0.1) is 0 Å². The van der Waals surface area contributed by atoms with Crippen molar-refractivity contribution < 1.29 is 9.59 Å². The molecule has 0 aromatic carbocycles. The molecule has 3 fully saturated rings. The molecule has 1 atom stereocenters. The Morgan fingerprint density at radius 3 is 2.57 bits per heavy atom. The van der Waals surface area contributed by atoms with Gasteiger partial charge in [0.25, 0.3) is 0 Å². The zero-order valence-electron chi connectivity index (χ0n) is 12.6. The summed E-state index contributed by atoms with van der Waals surface area (Å²) < 4.78 is 0. The molecule has 2 aliphatic heterocycles. The monoisotopic (exact) mass is 315 g/mol. The predicted octanol–water partition coefficient (Wildman–Crippen LogP) is 1.29. The topological polar surface area (TPSA) is 66.6 Å². The van der Waals surface area contributed by atoms with Crippen LogP contribution in [0.4, 0.5) is 0 Å². The van der Waals surface area contributed by atoms with Gasteiger partial charge in [-0.25, -0.2) is 0 Å². The van der Waals surface area contributed by atoms with Crippen LogP contribution in [0.25, 0.3) is 0 Å². The third-order valence-electron chi connectivity index (χ3n) is 5.15. The third-order valence-corrected chi connectivity index (χ3v) is 5.15. The summed E-state index contributed by atoms with van der Waals surface area (Å²) in [5.74, 6) is 0.446. The summed E-state index contributed by atoms with van der Waals surface area (Å²) in [7, 11) is 0. The summed E-state index contributed by atoms with van der Waals surface area (Å²) in [5.41, 5.74) is 5.93. The Morgan fingerprint density at radius 1 is 1.24 bits per heavy atom. The van der Waals surface area contributed by atoms with Crippen LogP contribution in [-0.2, 0) is 9.59 Å². The molecule has 2 heterocycles. The number of carbonyl (C=O) groups excluding carboxylic acids is 2. The number of piperidine rings is 1. The molecular weight excluding hydrogens is 290 g/mol. The first kappa shape index (κ1) is 16.6. The van der Waals surface area contributed by atoms with Crippen LogP contribution in [-0.4, -0.2) is 52.8 Å². The minimum Gasteiger partial charge on any atom is -0.341 e. The van der Waals surface area contributed by atoms with Crippen molar-refractivity contribution in [3.05, 3.63) is 0 Å². The molecular formula is C15H26ClN3O2. The Morgan fingerprint density at radius 2 is 2.00 bits per heavy atom. The van der Waals surface area contributed by atoms with E-state index in [0.717, 1.165) is 51.6 Å². The molecule has 2 N–H and O–H groups in total. The van der Waals surface area contributed by atoms with Gasteiger partial charge in [-0.15, -0.1) is 12.4 Å². The highest BCUT2D eigenvalue weighted by atomic mass is 35.5. The molecule has 1 saturated carbocycles. The van der Waals surface area contributed by atoms with Gasteiger partial charge in [0, 0.05) is 44.1 Å². The first-order valence-corrected chi connectivity index (χ1v) is 7.94. The first-order chi connectivity index (χ1) is 9.57. The highest BCUT2D eigenvalue weighted by Crippen LogP contribution is 2.33. The SMILES string of the molecule is Cl.NC1(CC(=O)N2CCCC(N3CCCC3=O)C2)CCC1. The Balaban J connectivity index is 0.00000161. The van der Waals surface area contributed by atoms with Gasteiger partial charge in [0.15, 0.2) is 0 Å². The van der Waals surface area contributed by atoms with Crippen LogP contribution in [0, 0.1) is 0 Å². The molecule has 1 aliphatic carbocycles. The summed E-state index contributed by atoms with van der Waals surface area (Å²) in [6.45, 7) is 2.40. The Labute approximate surface area is 132 Å². The second-order valence-electron chi connectivity index (χ2n) is 6.72. The average Bonchev–Trinajstić information content (AvgIpc) is 2.83. The van der Waals surface area contributed by atoms with Crippen molar-refractivity contribution in [3.8, 4) is 0 Å². The van der Waals surface area contributed by atoms with Gasteiger partial charge in [-0.05, 0) is 38.5 Å². The van der Waals surface area contributed by atoms with E-state index in [1.807, 2.05) is 9.80 Å². The maximum Gasteiger partial charge on any atom is 0.224 e. The maximum atomic E-state index is 12.4. The van der Waals surface area contributed by atoms with E-state index in [4.69, 9.17) is 5.73 Å². The zero-order valence-corrected chi connectivity index (χ0v) is 13.4. The van der Waals surface area contributed by atoms with E-state index in [0.29, 0.717) is 19.4 Å². The number of halogens is 1. The maximum absolute atomic E-state index is 12.4. The number of hydrogen-bond acceptors (Lipinski definition) is 3. The van der Waals surface area contributed by atoms with Gasteiger partial charge in [-0.3, -0.25) is 9.59 Å². The van der Waals surface area contributed by atoms with Crippen LogP contribution in [0.1, 0.15) is 51.4 Å². The van der Waals surface area contributed by atoms with Crippen LogP contribution < -0.4 is 5.73 Å². The zero-order chi connectivity index (χ0) is 14.2. The van der Waals surface area contributed by atoms with E-state index >= 15 is 0 Å². The fourth-order valence-electron chi connectivity index (χ4n) is 3.71. The third kappa shape index (κ3) is 3.51. The minimum atomic E-state index is -0.243. The molecule has 2 saturated heterocycles. The van der Waals surface area contributed by atoms with Gasteiger partial charge in [0.2, 0.25) is 11.8 Å². The van der Waals surface area contributed by atoms with Crippen LogP contribution >= 0.6 is 12.4 Å². The van der Waals surface area contributed by atoms with E-state index in [2.05, 4.69) is 0 Å². The molecule has 120 valence electrons.